The van der Waals surface area contributed by atoms with Gasteiger partial charge in [0.2, 0.25) is 0 Å². The zero-order valence-electron chi connectivity index (χ0n) is 12.0. The molecule has 23 heavy (non-hydrogen) atoms. The number of benzene rings is 2. The largest absolute Gasteiger partial charge is 0.332 e. The molecule has 0 aliphatic heterocycles. The summed E-state index contributed by atoms with van der Waals surface area (Å²) in [6.45, 7) is 1.50. The standard InChI is InChI=1S/C16H12ClIN2O2S/c1-9(21)10-2-5-12(6-3-10)19-16(23)20-15(22)13-8-11(18)4-7-14(13)17/h2-8H,1H3,(H2,19,20,22,23). The minimum absolute atomic E-state index is 0.0132. The molecule has 0 bridgehead atoms. The van der Waals surface area contributed by atoms with Crippen molar-refractivity contribution >= 4 is 68.9 Å². The quantitative estimate of drug-likeness (QED) is 0.410. The van der Waals surface area contributed by atoms with E-state index >= 15 is 0 Å². The minimum atomic E-state index is -0.383. The van der Waals surface area contributed by atoms with E-state index in [1.54, 1.807) is 36.4 Å². The van der Waals surface area contributed by atoms with E-state index in [-0.39, 0.29) is 16.8 Å². The first-order valence-corrected chi connectivity index (χ1v) is 8.41. The van der Waals surface area contributed by atoms with E-state index in [0.29, 0.717) is 21.8 Å². The molecule has 4 nitrogen and oxygen atoms in total. The predicted octanol–water partition coefficient (Wildman–Crippen LogP) is 4.27. The molecule has 0 fully saturated rings. The third-order valence-corrected chi connectivity index (χ3v) is 4.15. The van der Waals surface area contributed by atoms with Crippen LogP contribution in [0.15, 0.2) is 42.5 Å². The molecule has 2 N–H and O–H groups in total. The molecular weight excluding hydrogens is 447 g/mol. The lowest BCUT2D eigenvalue weighted by atomic mass is 10.1. The van der Waals surface area contributed by atoms with Crippen LogP contribution in [0.2, 0.25) is 5.02 Å². The number of ketones is 1. The van der Waals surface area contributed by atoms with Gasteiger partial charge in [-0.05, 0) is 84.2 Å². The molecule has 0 saturated heterocycles. The number of anilines is 1. The molecule has 0 radical (unpaired) electrons. The van der Waals surface area contributed by atoms with Gasteiger partial charge in [0, 0.05) is 14.8 Å². The second-order valence-electron chi connectivity index (χ2n) is 4.67. The molecule has 2 rings (SSSR count). The summed E-state index contributed by atoms with van der Waals surface area (Å²) in [5.74, 6) is -0.396. The van der Waals surface area contributed by atoms with Crippen LogP contribution in [0, 0.1) is 3.57 Å². The molecule has 0 spiro atoms. The van der Waals surface area contributed by atoms with Gasteiger partial charge in [-0.25, -0.2) is 0 Å². The molecule has 0 aliphatic rings. The van der Waals surface area contributed by atoms with Gasteiger partial charge in [-0.2, -0.15) is 0 Å². The van der Waals surface area contributed by atoms with Crippen LogP contribution in [0.4, 0.5) is 5.69 Å². The second-order valence-corrected chi connectivity index (χ2v) is 6.73. The summed E-state index contributed by atoms with van der Waals surface area (Å²) in [4.78, 5) is 23.4. The molecule has 1 amide bonds. The number of nitrogens with one attached hydrogen (secondary N) is 2. The molecule has 0 aromatic heterocycles. The number of rotatable bonds is 3. The number of Topliss-reactive ketones (excluding diaryl/α,β-unsaturated/α-hetero) is 1. The third kappa shape index (κ3) is 4.98. The normalized spacial score (nSPS) is 10.0. The summed E-state index contributed by atoms with van der Waals surface area (Å²) in [6.07, 6.45) is 0. The maximum Gasteiger partial charge on any atom is 0.258 e. The van der Waals surface area contributed by atoms with Crippen LogP contribution in [-0.4, -0.2) is 16.8 Å². The van der Waals surface area contributed by atoms with Crippen molar-refractivity contribution in [1.29, 1.82) is 0 Å². The van der Waals surface area contributed by atoms with Crippen molar-refractivity contribution in [2.75, 3.05) is 5.32 Å². The van der Waals surface area contributed by atoms with E-state index < -0.39 is 0 Å². The molecule has 0 atom stereocenters. The summed E-state index contributed by atoms with van der Waals surface area (Å²) in [5.41, 5.74) is 1.64. The van der Waals surface area contributed by atoms with Crippen LogP contribution in [0.5, 0.6) is 0 Å². The van der Waals surface area contributed by atoms with E-state index in [0.717, 1.165) is 3.57 Å². The molecule has 118 valence electrons. The fourth-order valence-electron chi connectivity index (χ4n) is 1.79. The number of halogens is 2. The lowest BCUT2D eigenvalue weighted by Gasteiger charge is -2.11. The van der Waals surface area contributed by atoms with Gasteiger partial charge in [-0.3, -0.25) is 14.9 Å². The average Bonchev–Trinajstić information content (AvgIpc) is 2.50. The van der Waals surface area contributed by atoms with Crippen molar-refractivity contribution in [2.24, 2.45) is 0 Å². The minimum Gasteiger partial charge on any atom is -0.332 e. The Bertz CT molecular complexity index is 778. The predicted molar refractivity (Wildman–Crippen MR) is 104 cm³/mol. The van der Waals surface area contributed by atoms with Gasteiger partial charge in [0.15, 0.2) is 10.9 Å². The Morgan fingerprint density at radius 3 is 2.39 bits per heavy atom. The average molecular weight is 459 g/mol. The van der Waals surface area contributed by atoms with E-state index in [9.17, 15) is 9.59 Å². The van der Waals surface area contributed by atoms with Crippen LogP contribution in [0.3, 0.4) is 0 Å². The number of carbonyl (C=O) groups is 2. The fourth-order valence-corrected chi connectivity index (χ4v) is 2.70. The lowest BCUT2D eigenvalue weighted by molar-refractivity contribution is 0.0976. The summed E-state index contributed by atoms with van der Waals surface area (Å²) in [6, 6.07) is 12.0. The third-order valence-electron chi connectivity index (χ3n) is 2.95. The molecule has 0 saturated carbocycles. The van der Waals surface area contributed by atoms with Crippen molar-refractivity contribution in [2.45, 2.75) is 6.92 Å². The van der Waals surface area contributed by atoms with Crippen molar-refractivity contribution in [3.8, 4) is 0 Å². The Hall–Kier alpha value is -1.51. The highest BCUT2D eigenvalue weighted by atomic mass is 127. The number of carbonyl (C=O) groups excluding carboxylic acids is 2. The van der Waals surface area contributed by atoms with Crippen molar-refractivity contribution in [3.05, 3.63) is 62.2 Å². The molecule has 0 unspecified atom stereocenters. The molecule has 7 heteroatoms. The number of amides is 1. The number of thiocarbonyl (C=S) groups is 1. The molecule has 0 heterocycles. The molecule has 2 aromatic rings. The van der Waals surface area contributed by atoms with Crippen molar-refractivity contribution in [1.82, 2.24) is 5.32 Å². The van der Waals surface area contributed by atoms with Gasteiger partial charge in [-0.1, -0.05) is 11.6 Å². The van der Waals surface area contributed by atoms with Gasteiger partial charge in [0.1, 0.15) is 0 Å². The first kappa shape index (κ1) is 17.8. The Balaban J connectivity index is 2.03. The Morgan fingerprint density at radius 1 is 1.13 bits per heavy atom. The first-order chi connectivity index (χ1) is 10.9. The maximum absolute atomic E-state index is 12.2. The Labute approximate surface area is 157 Å². The maximum atomic E-state index is 12.2. The topological polar surface area (TPSA) is 58.2 Å². The SMILES string of the molecule is CC(=O)c1ccc(NC(=S)NC(=O)c2cc(I)ccc2Cl)cc1. The van der Waals surface area contributed by atoms with E-state index in [2.05, 4.69) is 33.2 Å². The number of hydrogen-bond donors (Lipinski definition) is 2. The Kier molecular flexibility index (Phi) is 6.09. The highest BCUT2D eigenvalue weighted by molar-refractivity contribution is 14.1. The number of hydrogen-bond acceptors (Lipinski definition) is 3. The highest BCUT2D eigenvalue weighted by Gasteiger charge is 2.12. The van der Waals surface area contributed by atoms with Crippen molar-refractivity contribution in [3.63, 3.8) is 0 Å². The second kappa shape index (κ2) is 7.85. The summed E-state index contributed by atoms with van der Waals surface area (Å²) >= 11 is 13.2. The summed E-state index contributed by atoms with van der Waals surface area (Å²) in [5, 5.41) is 5.97. The lowest BCUT2D eigenvalue weighted by Crippen LogP contribution is -2.34. The molecule has 0 aliphatic carbocycles. The van der Waals surface area contributed by atoms with Crippen LogP contribution in [0.25, 0.3) is 0 Å². The van der Waals surface area contributed by atoms with Gasteiger partial charge >= 0.3 is 0 Å². The zero-order chi connectivity index (χ0) is 17.0. The van der Waals surface area contributed by atoms with Gasteiger partial charge < -0.3 is 5.32 Å². The Morgan fingerprint density at radius 2 is 1.78 bits per heavy atom. The van der Waals surface area contributed by atoms with Gasteiger partial charge in [-0.15, -0.1) is 0 Å². The monoisotopic (exact) mass is 458 g/mol. The smallest absolute Gasteiger partial charge is 0.258 e. The van der Waals surface area contributed by atoms with Gasteiger partial charge in [0.25, 0.3) is 5.91 Å². The van der Waals surface area contributed by atoms with Gasteiger partial charge in [0.05, 0.1) is 10.6 Å². The summed E-state index contributed by atoms with van der Waals surface area (Å²) < 4.78 is 0.899. The van der Waals surface area contributed by atoms with Crippen LogP contribution in [-0.2, 0) is 0 Å². The van der Waals surface area contributed by atoms with E-state index in [4.69, 9.17) is 23.8 Å². The zero-order valence-corrected chi connectivity index (χ0v) is 15.8. The highest BCUT2D eigenvalue weighted by Crippen LogP contribution is 2.18. The van der Waals surface area contributed by atoms with Crippen molar-refractivity contribution < 1.29 is 9.59 Å². The molecular formula is C16H12ClIN2O2S. The van der Waals surface area contributed by atoms with Crippen LogP contribution >= 0.6 is 46.4 Å². The van der Waals surface area contributed by atoms with Crippen LogP contribution in [0.1, 0.15) is 27.6 Å². The fraction of sp³-hybridized carbons (Fsp3) is 0.0625. The molecule has 2 aromatic carbocycles. The van der Waals surface area contributed by atoms with Crippen LogP contribution < -0.4 is 10.6 Å². The van der Waals surface area contributed by atoms with E-state index in [1.807, 2.05) is 6.07 Å². The summed E-state index contributed by atoms with van der Waals surface area (Å²) in [7, 11) is 0. The van der Waals surface area contributed by atoms with E-state index in [1.165, 1.54) is 6.92 Å². The first-order valence-electron chi connectivity index (χ1n) is 6.55.